The molecule has 0 radical (unpaired) electrons. The van der Waals surface area contributed by atoms with Gasteiger partial charge in [0.2, 0.25) is 11.7 Å². The average molecular weight is 728 g/mol. The molecule has 0 saturated carbocycles. The lowest BCUT2D eigenvalue weighted by atomic mass is 10.0. The summed E-state index contributed by atoms with van der Waals surface area (Å²) < 4.78 is 48.1. The first-order valence-corrected chi connectivity index (χ1v) is 16.7. The molecule has 268 valence electrons. The number of anilines is 2. The van der Waals surface area contributed by atoms with E-state index in [0.29, 0.717) is 36.8 Å². The molecule has 3 aliphatic heterocycles. The first kappa shape index (κ1) is 34.4. The van der Waals surface area contributed by atoms with Crippen LogP contribution in [0.3, 0.4) is 0 Å². The largest absolute Gasteiger partial charge is 0.504 e. The molecule has 3 unspecified atom stereocenters. The van der Waals surface area contributed by atoms with Crippen LogP contribution in [0.1, 0.15) is 71.9 Å². The Labute approximate surface area is 293 Å². The van der Waals surface area contributed by atoms with Crippen LogP contribution in [-0.4, -0.2) is 89.8 Å². The zero-order chi connectivity index (χ0) is 36.4. The molecule has 1 saturated heterocycles. The van der Waals surface area contributed by atoms with Crippen molar-refractivity contribution >= 4 is 46.1 Å². The molecule has 2 N–H and O–H groups in total. The van der Waals surface area contributed by atoms with Crippen molar-refractivity contribution in [2.24, 2.45) is 0 Å². The van der Waals surface area contributed by atoms with E-state index in [1.807, 2.05) is 24.8 Å². The smallest absolute Gasteiger partial charge is 0.416 e. The average Bonchev–Trinajstić information content (AvgIpc) is 3.69. The fourth-order valence-corrected chi connectivity index (χ4v) is 7.20. The number of ether oxygens (including phenoxy) is 1. The van der Waals surface area contributed by atoms with Crippen molar-refractivity contribution in [1.82, 2.24) is 34.0 Å². The Morgan fingerprint density at radius 3 is 2.63 bits per heavy atom. The van der Waals surface area contributed by atoms with E-state index in [0.717, 1.165) is 23.8 Å². The molecule has 3 aliphatic rings. The van der Waals surface area contributed by atoms with E-state index in [1.54, 1.807) is 16.4 Å². The van der Waals surface area contributed by atoms with Crippen LogP contribution in [0.15, 0.2) is 35.4 Å². The van der Waals surface area contributed by atoms with Gasteiger partial charge in [0, 0.05) is 31.6 Å². The predicted molar refractivity (Wildman–Crippen MR) is 179 cm³/mol. The number of piperazine rings is 1. The summed E-state index contributed by atoms with van der Waals surface area (Å²) >= 11 is 6.19. The van der Waals surface area contributed by atoms with Crippen molar-refractivity contribution < 1.29 is 32.6 Å². The number of aryl methyl sites for hydroxylation is 1. The van der Waals surface area contributed by atoms with Gasteiger partial charge in [0.05, 0.1) is 40.9 Å². The van der Waals surface area contributed by atoms with E-state index in [2.05, 4.69) is 20.4 Å². The summed E-state index contributed by atoms with van der Waals surface area (Å²) in [5, 5.41) is 17.5. The van der Waals surface area contributed by atoms with Gasteiger partial charge in [-0.2, -0.15) is 22.7 Å². The molecule has 2 amide bonds. The molecule has 3 atom stereocenters. The lowest BCUT2D eigenvalue weighted by molar-refractivity contribution is -0.137. The van der Waals surface area contributed by atoms with Crippen LogP contribution >= 0.6 is 11.6 Å². The molecular weight excluding hydrogens is 695 g/mol. The zero-order valence-corrected chi connectivity index (χ0v) is 28.5. The molecule has 0 spiro atoms. The highest BCUT2D eigenvalue weighted by Gasteiger charge is 2.42. The fraction of sp³-hybridized carbons (Fsp3) is 0.424. The number of aromatic nitrogens is 6. The molecule has 3 aromatic heterocycles. The Hall–Kier alpha value is -5.03. The monoisotopic (exact) mass is 727 g/mol. The summed E-state index contributed by atoms with van der Waals surface area (Å²) in [6.07, 6.45) is -0.798. The van der Waals surface area contributed by atoms with Gasteiger partial charge < -0.3 is 25.0 Å². The Morgan fingerprint density at radius 1 is 1.16 bits per heavy atom. The highest BCUT2D eigenvalue weighted by atomic mass is 35.5. The van der Waals surface area contributed by atoms with Gasteiger partial charge >= 0.3 is 6.18 Å². The highest BCUT2D eigenvalue weighted by molar-refractivity contribution is 6.33. The number of amides is 2. The minimum Gasteiger partial charge on any atom is -0.504 e. The van der Waals surface area contributed by atoms with Gasteiger partial charge in [-0.1, -0.05) is 24.6 Å². The SMILES string of the molecule is Cc1ncnc(C(=O)N2CCN(c3c4n(c5nc(C6=CCOCC6)nn5c3=O)C(C(=O)Nc3ccc(C(F)(F)F)cc3Cl)CC4C)CC2C)c1O. The zero-order valence-electron chi connectivity index (χ0n) is 27.7. The van der Waals surface area contributed by atoms with Gasteiger partial charge in [-0.05, 0) is 50.5 Å². The van der Waals surface area contributed by atoms with Gasteiger partial charge in [-0.15, -0.1) is 5.10 Å². The van der Waals surface area contributed by atoms with Crippen molar-refractivity contribution in [3.8, 4) is 5.75 Å². The molecular formula is C33H33ClF3N9O5. The topological polar surface area (TPSA) is 160 Å². The second-order valence-corrected chi connectivity index (χ2v) is 13.3. The highest BCUT2D eigenvalue weighted by Crippen LogP contribution is 2.43. The van der Waals surface area contributed by atoms with E-state index in [4.69, 9.17) is 21.3 Å². The Balaban J connectivity index is 1.28. The van der Waals surface area contributed by atoms with Gasteiger partial charge in [-0.25, -0.2) is 9.97 Å². The summed E-state index contributed by atoms with van der Waals surface area (Å²) in [7, 11) is 0. The van der Waals surface area contributed by atoms with Crippen LogP contribution in [0.2, 0.25) is 5.02 Å². The Bertz CT molecular complexity index is 2170. The van der Waals surface area contributed by atoms with Crippen LogP contribution in [0.5, 0.6) is 5.75 Å². The third kappa shape index (κ3) is 6.07. The summed E-state index contributed by atoms with van der Waals surface area (Å²) in [4.78, 5) is 57.9. The van der Waals surface area contributed by atoms with Gasteiger partial charge in [0.1, 0.15) is 18.1 Å². The van der Waals surface area contributed by atoms with Crippen LogP contribution < -0.4 is 15.8 Å². The third-order valence-corrected chi connectivity index (χ3v) is 9.89. The number of halogens is 4. The molecule has 6 heterocycles. The van der Waals surface area contributed by atoms with E-state index in [9.17, 15) is 32.7 Å². The van der Waals surface area contributed by atoms with Crippen molar-refractivity contribution in [2.45, 2.75) is 57.8 Å². The summed E-state index contributed by atoms with van der Waals surface area (Å²) in [5.74, 6) is -1.21. The molecule has 0 aliphatic carbocycles. The number of alkyl halides is 3. The number of hydrogen-bond acceptors (Lipinski definition) is 10. The van der Waals surface area contributed by atoms with Crippen molar-refractivity contribution in [1.29, 1.82) is 0 Å². The standard InChI is InChI=1S/C33H33ClF3N9O5/c1-16-12-23(29(48)40-22-5-4-20(13-21(22)34)33(35,36)37)45-25(16)26(31(50)46-32(45)41-28(42-46)19-6-10-51-11-7-19)43-8-9-44(17(2)14-43)30(49)24-27(47)18(3)38-15-39-24/h4-6,13,15-17,23,47H,7-12,14H2,1-3H3,(H,40,48). The Kier molecular flexibility index (Phi) is 8.73. The minimum atomic E-state index is -4.61. The molecule has 51 heavy (non-hydrogen) atoms. The lowest BCUT2D eigenvalue weighted by Gasteiger charge is -2.41. The molecule has 0 bridgehead atoms. The maximum atomic E-state index is 14.4. The maximum absolute atomic E-state index is 14.4. The summed E-state index contributed by atoms with van der Waals surface area (Å²) in [6, 6.07) is 1.34. The summed E-state index contributed by atoms with van der Waals surface area (Å²) in [5.41, 5.74) is 0.392. The number of nitrogens with one attached hydrogen (secondary N) is 1. The number of nitrogens with zero attached hydrogens (tertiary/aromatic N) is 8. The number of rotatable bonds is 5. The first-order chi connectivity index (χ1) is 24.2. The van der Waals surface area contributed by atoms with Gasteiger partial charge in [0.25, 0.3) is 11.5 Å². The normalized spacial score (nSPS) is 20.8. The molecule has 7 rings (SSSR count). The van der Waals surface area contributed by atoms with Gasteiger partial charge in [-0.3, -0.25) is 19.0 Å². The second-order valence-electron chi connectivity index (χ2n) is 12.9. The fourth-order valence-electron chi connectivity index (χ4n) is 6.98. The van der Waals surface area contributed by atoms with Crippen LogP contribution in [0.25, 0.3) is 11.4 Å². The number of benzene rings is 1. The minimum absolute atomic E-state index is 0.00195. The first-order valence-electron chi connectivity index (χ1n) is 16.3. The number of carbonyl (C=O) groups excluding carboxylic acids is 2. The van der Waals surface area contributed by atoms with Crippen LogP contribution in [0, 0.1) is 6.92 Å². The third-order valence-electron chi connectivity index (χ3n) is 9.58. The van der Waals surface area contributed by atoms with E-state index in [-0.39, 0.29) is 65.6 Å². The predicted octanol–water partition coefficient (Wildman–Crippen LogP) is 4.21. The summed E-state index contributed by atoms with van der Waals surface area (Å²) in [6.45, 7) is 6.75. The molecule has 18 heteroatoms. The number of fused-ring (bicyclic) bond motifs is 3. The van der Waals surface area contributed by atoms with Crippen LogP contribution in [-0.2, 0) is 15.7 Å². The number of hydrogen-bond donors (Lipinski definition) is 2. The van der Waals surface area contributed by atoms with Gasteiger partial charge in [0.15, 0.2) is 17.3 Å². The number of aromatic hydroxyl groups is 1. The number of carbonyl (C=O) groups is 2. The Morgan fingerprint density at radius 2 is 1.94 bits per heavy atom. The van der Waals surface area contributed by atoms with Crippen molar-refractivity contribution in [3.63, 3.8) is 0 Å². The lowest BCUT2D eigenvalue weighted by Crippen LogP contribution is -2.55. The van der Waals surface area contributed by atoms with Crippen LogP contribution in [0.4, 0.5) is 24.5 Å². The molecule has 4 aromatic rings. The van der Waals surface area contributed by atoms with E-state index in [1.165, 1.54) is 10.8 Å². The van der Waals surface area contributed by atoms with E-state index < -0.39 is 41.2 Å². The molecule has 1 aromatic carbocycles. The van der Waals surface area contributed by atoms with Crippen molar-refractivity contribution in [3.05, 3.63) is 74.4 Å². The molecule has 1 fully saturated rings. The van der Waals surface area contributed by atoms with E-state index >= 15 is 0 Å². The maximum Gasteiger partial charge on any atom is 0.416 e. The quantitative estimate of drug-likeness (QED) is 0.305. The second kappa shape index (κ2) is 12.9. The van der Waals surface area contributed by atoms with Crippen molar-refractivity contribution in [2.75, 3.05) is 43.1 Å². The molecule has 14 nitrogen and oxygen atoms in total.